The molecule has 0 amide bonds. The predicted molar refractivity (Wildman–Crippen MR) is 96.1 cm³/mol. The van der Waals surface area contributed by atoms with Crippen LogP contribution in [0.25, 0.3) is 11.2 Å². The number of imidazole rings is 1. The van der Waals surface area contributed by atoms with Gasteiger partial charge in [-0.05, 0) is 0 Å². The summed E-state index contributed by atoms with van der Waals surface area (Å²) in [6.07, 6.45) is -0.932. The number of ether oxygens (including phenoxy) is 1. The summed E-state index contributed by atoms with van der Waals surface area (Å²) in [6.45, 7) is 0.0894. The molecule has 0 spiro atoms. The standard InChI is InChI=1S/C15H22N6O5Se/c1-27-3-2-7(15(24)25)17-4-8-10(22)11(23)14(26-8)21-6-20-9-12(16)18-5-19-13(9)21/h5-8,10-11,14,17,22-23H,2-4H2,1H3,(H,24,25)(H2,16,18,19). The molecule has 1 saturated heterocycles. The second kappa shape index (κ2) is 8.46. The van der Waals surface area contributed by atoms with Crippen molar-refractivity contribution in [2.24, 2.45) is 0 Å². The van der Waals surface area contributed by atoms with Gasteiger partial charge in [0.25, 0.3) is 0 Å². The van der Waals surface area contributed by atoms with Crippen LogP contribution in [0.4, 0.5) is 5.82 Å². The van der Waals surface area contributed by atoms with Crippen molar-refractivity contribution in [1.29, 1.82) is 0 Å². The second-order valence-electron chi connectivity index (χ2n) is 6.21. The molecule has 6 N–H and O–H groups in total. The first-order chi connectivity index (χ1) is 12.9. The number of hydrogen-bond acceptors (Lipinski definition) is 9. The zero-order valence-electron chi connectivity index (χ0n) is 14.6. The van der Waals surface area contributed by atoms with Crippen LogP contribution in [0.15, 0.2) is 12.7 Å². The number of nitrogen functional groups attached to an aromatic ring is 1. The Morgan fingerprint density at radius 1 is 1.41 bits per heavy atom. The molecular weight excluding hydrogens is 423 g/mol. The third kappa shape index (κ3) is 4.05. The molecule has 1 fully saturated rings. The number of carboxylic acid groups (broad SMARTS) is 1. The van der Waals surface area contributed by atoms with Crippen LogP contribution in [0.2, 0.25) is 11.1 Å². The topological polar surface area (TPSA) is 169 Å². The van der Waals surface area contributed by atoms with E-state index in [1.807, 2.05) is 5.82 Å². The van der Waals surface area contributed by atoms with Crippen LogP contribution in [-0.2, 0) is 9.53 Å². The summed E-state index contributed by atoms with van der Waals surface area (Å²) in [5, 5.41) is 33.8. The Kier molecular flexibility index (Phi) is 6.25. The molecule has 1 aliphatic heterocycles. The van der Waals surface area contributed by atoms with Gasteiger partial charge in [-0.2, -0.15) is 0 Å². The van der Waals surface area contributed by atoms with Crippen LogP contribution in [0.1, 0.15) is 12.6 Å². The minimum absolute atomic E-state index is 0.0894. The third-order valence-electron chi connectivity index (χ3n) is 4.47. The molecule has 11 nitrogen and oxygen atoms in total. The van der Waals surface area contributed by atoms with Gasteiger partial charge in [-0.25, -0.2) is 4.98 Å². The summed E-state index contributed by atoms with van der Waals surface area (Å²) in [4.78, 5) is 23.4. The Hall–Kier alpha value is -1.82. The maximum absolute atomic E-state index is 11.3. The van der Waals surface area contributed by atoms with Gasteiger partial charge in [0.05, 0.1) is 0 Å². The number of hydrogen-bond donors (Lipinski definition) is 5. The van der Waals surface area contributed by atoms with Crippen molar-refractivity contribution in [3.05, 3.63) is 12.7 Å². The van der Waals surface area contributed by atoms with Gasteiger partial charge in [0, 0.05) is 0 Å². The van der Waals surface area contributed by atoms with E-state index in [2.05, 4.69) is 20.3 Å². The van der Waals surface area contributed by atoms with Gasteiger partial charge in [-0.1, -0.05) is 0 Å². The molecule has 2 aromatic rings. The molecule has 12 heteroatoms. The van der Waals surface area contributed by atoms with E-state index in [9.17, 15) is 20.1 Å². The molecule has 148 valence electrons. The summed E-state index contributed by atoms with van der Waals surface area (Å²) < 4.78 is 7.26. The van der Waals surface area contributed by atoms with Gasteiger partial charge >= 0.3 is 150 Å². The van der Waals surface area contributed by atoms with Crippen molar-refractivity contribution in [1.82, 2.24) is 24.8 Å². The van der Waals surface area contributed by atoms with Crippen LogP contribution >= 0.6 is 0 Å². The zero-order valence-corrected chi connectivity index (χ0v) is 16.3. The molecule has 1 aliphatic rings. The first-order valence-corrected chi connectivity index (χ1v) is 11.3. The van der Waals surface area contributed by atoms with E-state index in [0.717, 1.165) is 5.32 Å². The minimum atomic E-state index is -1.23. The van der Waals surface area contributed by atoms with E-state index < -0.39 is 36.6 Å². The number of nitrogens with one attached hydrogen (secondary N) is 1. The average Bonchev–Trinajstić information content (AvgIpc) is 3.18. The Bertz CT molecular complexity index is 804. The fourth-order valence-corrected chi connectivity index (χ4v) is 3.98. The number of rotatable bonds is 8. The number of carbonyl (C=O) groups is 1. The first-order valence-electron chi connectivity index (χ1n) is 8.33. The van der Waals surface area contributed by atoms with Gasteiger partial charge in [0.2, 0.25) is 0 Å². The number of aliphatic carboxylic acids is 1. The predicted octanol–water partition coefficient (Wildman–Crippen LogP) is -1.37. The summed E-state index contributed by atoms with van der Waals surface area (Å²) in [5.41, 5.74) is 6.51. The van der Waals surface area contributed by atoms with Crippen molar-refractivity contribution in [2.75, 3.05) is 12.3 Å². The Labute approximate surface area is 161 Å². The molecular formula is C15H22N6O5Se. The molecule has 5 unspecified atom stereocenters. The molecule has 0 radical (unpaired) electrons. The SMILES string of the molecule is C[Se]CCC(NCC1OC(n2cnc3c(N)ncnc32)C(O)C1O)C(=O)O. The number of carboxylic acids is 1. The fraction of sp³-hybridized carbons (Fsp3) is 0.600. The molecule has 27 heavy (non-hydrogen) atoms. The van der Waals surface area contributed by atoms with Crippen molar-refractivity contribution < 1.29 is 24.9 Å². The van der Waals surface area contributed by atoms with Gasteiger partial charge in [0.1, 0.15) is 0 Å². The van der Waals surface area contributed by atoms with E-state index >= 15 is 0 Å². The van der Waals surface area contributed by atoms with Crippen LogP contribution in [0, 0.1) is 0 Å². The average molecular weight is 445 g/mol. The summed E-state index contributed by atoms with van der Waals surface area (Å²) >= 11 is 0.381. The summed E-state index contributed by atoms with van der Waals surface area (Å²) in [7, 11) is 0. The number of nitrogens with two attached hydrogens (primary N) is 1. The van der Waals surface area contributed by atoms with Crippen LogP contribution in [0.5, 0.6) is 0 Å². The number of aliphatic hydroxyl groups is 2. The summed E-state index contributed by atoms with van der Waals surface area (Å²) in [6, 6.07) is -0.722. The molecule has 5 atom stereocenters. The van der Waals surface area contributed by atoms with E-state index in [4.69, 9.17) is 10.5 Å². The van der Waals surface area contributed by atoms with Gasteiger partial charge in [0.15, 0.2) is 0 Å². The Morgan fingerprint density at radius 3 is 2.89 bits per heavy atom. The molecule has 3 heterocycles. The maximum atomic E-state index is 11.3. The number of aliphatic hydroxyl groups excluding tert-OH is 2. The van der Waals surface area contributed by atoms with Gasteiger partial charge in [-0.15, -0.1) is 0 Å². The number of fused-ring (bicyclic) bond motifs is 1. The van der Waals surface area contributed by atoms with Gasteiger partial charge in [-0.3, -0.25) is 0 Å². The molecule has 0 bridgehead atoms. The van der Waals surface area contributed by atoms with E-state index in [1.54, 1.807) is 0 Å². The first kappa shape index (κ1) is 19.9. The molecule has 0 aliphatic carbocycles. The van der Waals surface area contributed by atoms with Crippen LogP contribution < -0.4 is 11.1 Å². The molecule has 3 rings (SSSR count). The van der Waals surface area contributed by atoms with Gasteiger partial charge < -0.3 is 5.73 Å². The number of nitrogens with zero attached hydrogens (tertiary/aromatic N) is 4. The molecule has 2 aromatic heterocycles. The van der Waals surface area contributed by atoms with E-state index in [0.29, 0.717) is 32.5 Å². The number of anilines is 1. The van der Waals surface area contributed by atoms with Crippen molar-refractivity contribution in [2.45, 2.75) is 48.1 Å². The zero-order chi connectivity index (χ0) is 19.6. The molecule has 0 aromatic carbocycles. The van der Waals surface area contributed by atoms with Crippen molar-refractivity contribution in [3.8, 4) is 0 Å². The van der Waals surface area contributed by atoms with Crippen LogP contribution in [-0.4, -0.2) is 86.7 Å². The van der Waals surface area contributed by atoms with E-state index in [1.165, 1.54) is 17.2 Å². The quantitative estimate of drug-likeness (QED) is 0.306. The number of aromatic nitrogens is 4. The van der Waals surface area contributed by atoms with Crippen LogP contribution in [0.3, 0.4) is 0 Å². The Morgan fingerprint density at radius 2 is 2.19 bits per heavy atom. The van der Waals surface area contributed by atoms with Crippen molar-refractivity contribution >= 4 is 37.9 Å². The third-order valence-corrected chi connectivity index (χ3v) is 5.82. The summed E-state index contributed by atoms with van der Waals surface area (Å²) in [5.74, 6) is 1.30. The Balaban J connectivity index is 1.71. The fourth-order valence-electron chi connectivity index (χ4n) is 2.99. The van der Waals surface area contributed by atoms with E-state index in [-0.39, 0.29) is 12.4 Å². The van der Waals surface area contributed by atoms with Crippen molar-refractivity contribution in [3.63, 3.8) is 0 Å². The normalized spacial score (nSPS) is 26.5. The monoisotopic (exact) mass is 446 g/mol. The second-order valence-corrected chi connectivity index (χ2v) is 8.28. The molecule has 0 saturated carbocycles.